The second-order valence-electron chi connectivity index (χ2n) is 8.04. The number of nitrogens with zero attached hydrogens (tertiary/aromatic N) is 1. The molecule has 0 aromatic carbocycles. The first-order valence-electron chi connectivity index (χ1n) is 7.85. The van der Waals surface area contributed by atoms with Crippen molar-refractivity contribution >= 4 is 14.1 Å². The standard InChI is InChI=1S/C15H29NO6Si/c1-14(2,3)23(6,7)21-9-11(8-16(18)19)13-12(17)10-20-15(4,5)22-13/h11,13H,8-10H2,1-7H3/t11-,13-/m0/s1. The molecule has 0 amide bonds. The third-order valence-corrected chi connectivity index (χ3v) is 9.07. The summed E-state index contributed by atoms with van der Waals surface area (Å²) in [5, 5.41) is 11.0. The van der Waals surface area contributed by atoms with E-state index in [-0.39, 0.29) is 30.6 Å². The molecule has 0 aromatic rings. The molecular weight excluding hydrogens is 318 g/mol. The Balaban J connectivity index is 2.88. The minimum atomic E-state index is -2.06. The molecule has 0 saturated carbocycles. The predicted molar refractivity (Wildman–Crippen MR) is 88.4 cm³/mol. The number of Topliss-reactive ketones (excluding diaryl/α,β-unsaturated/α-hetero) is 1. The Bertz CT molecular complexity index is 457. The smallest absolute Gasteiger partial charge is 0.211 e. The van der Waals surface area contributed by atoms with Gasteiger partial charge in [0.05, 0.1) is 5.92 Å². The van der Waals surface area contributed by atoms with Crippen molar-refractivity contribution in [2.24, 2.45) is 5.92 Å². The van der Waals surface area contributed by atoms with Crippen LogP contribution in [0.25, 0.3) is 0 Å². The molecule has 1 saturated heterocycles. The van der Waals surface area contributed by atoms with Crippen LogP contribution in [0.5, 0.6) is 0 Å². The molecule has 7 nitrogen and oxygen atoms in total. The van der Waals surface area contributed by atoms with Crippen LogP contribution in [0.15, 0.2) is 0 Å². The maximum atomic E-state index is 12.1. The fraction of sp³-hybridized carbons (Fsp3) is 0.933. The normalized spacial score (nSPS) is 23.6. The average Bonchev–Trinajstić information content (AvgIpc) is 2.36. The van der Waals surface area contributed by atoms with Crippen LogP contribution in [0.3, 0.4) is 0 Å². The maximum absolute atomic E-state index is 12.1. The predicted octanol–water partition coefficient (Wildman–Crippen LogP) is 2.62. The topological polar surface area (TPSA) is 87.9 Å². The fourth-order valence-corrected chi connectivity index (χ4v) is 3.11. The van der Waals surface area contributed by atoms with Gasteiger partial charge in [-0.1, -0.05) is 20.8 Å². The van der Waals surface area contributed by atoms with E-state index in [2.05, 4.69) is 33.9 Å². The number of ether oxygens (including phenoxy) is 2. The van der Waals surface area contributed by atoms with Crippen molar-refractivity contribution in [3.63, 3.8) is 0 Å². The number of hydrogen-bond donors (Lipinski definition) is 0. The van der Waals surface area contributed by atoms with Crippen molar-refractivity contribution in [3.8, 4) is 0 Å². The minimum absolute atomic E-state index is 0.00796. The fourth-order valence-electron chi connectivity index (χ4n) is 2.05. The van der Waals surface area contributed by atoms with Crippen LogP contribution in [-0.4, -0.2) is 50.7 Å². The second kappa shape index (κ2) is 6.96. The van der Waals surface area contributed by atoms with E-state index in [0.717, 1.165) is 0 Å². The summed E-state index contributed by atoms with van der Waals surface area (Å²) >= 11 is 0. The Morgan fingerprint density at radius 2 is 2.00 bits per heavy atom. The number of rotatable bonds is 6. The highest BCUT2D eigenvalue weighted by Crippen LogP contribution is 2.37. The zero-order chi connectivity index (χ0) is 18.1. The van der Waals surface area contributed by atoms with E-state index < -0.39 is 31.0 Å². The van der Waals surface area contributed by atoms with E-state index in [0.29, 0.717) is 0 Å². The molecular formula is C15H29NO6Si. The van der Waals surface area contributed by atoms with Gasteiger partial charge in [-0.15, -0.1) is 0 Å². The summed E-state index contributed by atoms with van der Waals surface area (Å²) < 4.78 is 17.0. The first kappa shape index (κ1) is 20.2. The van der Waals surface area contributed by atoms with E-state index >= 15 is 0 Å². The number of nitro groups is 1. The van der Waals surface area contributed by atoms with Crippen molar-refractivity contribution in [2.45, 2.75) is 64.6 Å². The molecule has 1 aliphatic heterocycles. The Labute approximate surface area is 139 Å². The lowest BCUT2D eigenvalue weighted by molar-refractivity contribution is -0.492. The van der Waals surface area contributed by atoms with Gasteiger partial charge in [-0.3, -0.25) is 14.9 Å². The highest BCUT2D eigenvalue weighted by Gasteiger charge is 2.44. The summed E-state index contributed by atoms with van der Waals surface area (Å²) in [6, 6.07) is 0. The van der Waals surface area contributed by atoms with Crippen LogP contribution in [-0.2, 0) is 18.7 Å². The molecule has 1 heterocycles. The van der Waals surface area contributed by atoms with Gasteiger partial charge in [0.25, 0.3) is 0 Å². The summed E-state index contributed by atoms with van der Waals surface area (Å²) in [7, 11) is -2.06. The molecule has 0 aliphatic carbocycles. The highest BCUT2D eigenvalue weighted by molar-refractivity contribution is 6.74. The van der Waals surface area contributed by atoms with Crippen LogP contribution < -0.4 is 0 Å². The third-order valence-electron chi connectivity index (χ3n) is 4.57. The van der Waals surface area contributed by atoms with Gasteiger partial charge in [0.1, 0.15) is 12.7 Å². The van der Waals surface area contributed by atoms with Crippen molar-refractivity contribution in [1.82, 2.24) is 0 Å². The number of carbonyl (C=O) groups is 1. The van der Waals surface area contributed by atoms with Crippen LogP contribution in [0.1, 0.15) is 34.6 Å². The molecule has 23 heavy (non-hydrogen) atoms. The van der Waals surface area contributed by atoms with E-state index in [1.165, 1.54) is 0 Å². The molecule has 0 unspecified atom stereocenters. The zero-order valence-corrected chi connectivity index (χ0v) is 16.2. The second-order valence-corrected chi connectivity index (χ2v) is 12.8. The van der Waals surface area contributed by atoms with Crippen LogP contribution in [0.4, 0.5) is 0 Å². The zero-order valence-electron chi connectivity index (χ0n) is 15.2. The monoisotopic (exact) mass is 347 g/mol. The van der Waals surface area contributed by atoms with Gasteiger partial charge in [-0.2, -0.15) is 0 Å². The quantitative estimate of drug-likeness (QED) is 0.417. The molecule has 0 radical (unpaired) electrons. The molecule has 1 rings (SSSR count). The van der Waals surface area contributed by atoms with E-state index in [4.69, 9.17) is 13.9 Å². The van der Waals surface area contributed by atoms with Crippen LogP contribution in [0, 0.1) is 16.0 Å². The van der Waals surface area contributed by atoms with Gasteiger partial charge in [0, 0.05) is 11.5 Å². The molecule has 8 heteroatoms. The average molecular weight is 347 g/mol. The summed E-state index contributed by atoms with van der Waals surface area (Å²) in [5.41, 5.74) is 0. The van der Waals surface area contributed by atoms with Gasteiger partial charge in [-0.05, 0) is 32.0 Å². The molecule has 0 spiro atoms. The van der Waals surface area contributed by atoms with Gasteiger partial charge in [-0.25, -0.2) is 0 Å². The summed E-state index contributed by atoms with van der Waals surface area (Å²) in [6.45, 7) is 13.5. The van der Waals surface area contributed by atoms with Crippen LogP contribution >= 0.6 is 0 Å². The highest BCUT2D eigenvalue weighted by atomic mass is 28.4. The lowest BCUT2D eigenvalue weighted by Crippen LogP contribution is -2.52. The van der Waals surface area contributed by atoms with Gasteiger partial charge in [0.15, 0.2) is 19.9 Å². The van der Waals surface area contributed by atoms with Crippen molar-refractivity contribution in [2.75, 3.05) is 19.8 Å². The lowest BCUT2D eigenvalue weighted by Gasteiger charge is -2.40. The number of carbonyl (C=O) groups excluding carboxylic acids is 1. The van der Waals surface area contributed by atoms with E-state index in [1.807, 2.05) is 0 Å². The van der Waals surface area contributed by atoms with Crippen molar-refractivity contribution < 1.29 is 23.6 Å². The van der Waals surface area contributed by atoms with Gasteiger partial charge in [0.2, 0.25) is 6.54 Å². The van der Waals surface area contributed by atoms with E-state index in [1.54, 1.807) is 13.8 Å². The Morgan fingerprint density at radius 3 is 2.48 bits per heavy atom. The first-order chi connectivity index (χ1) is 10.3. The Hall–Kier alpha value is -0.833. The summed E-state index contributed by atoms with van der Waals surface area (Å²) in [4.78, 5) is 22.7. The van der Waals surface area contributed by atoms with E-state index in [9.17, 15) is 14.9 Å². The first-order valence-corrected chi connectivity index (χ1v) is 10.8. The molecule has 0 bridgehead atoms. The SMILES string of the molecule is CC1(C)OCC(=O)[C@H]([C@H](CO[Si](C)(C)C(C)(C)C)C[N+](=O)[O-])O1. The molecule has 0 N–H and O–H groups in total. The number of hydrogen-bond acceptors (Lipinski definition) is 6. The van der Waals surface area contributed by atoms with Gasteiger partial charge >= 0.3 is 0 Å². The Morgan fingerprint density at radius 1 is 1.43 bits per heavy atom. The molecule has 0 aromatic heterocycles. The third kappa shape index (κ3) is 5.63. The molecule has 134 valence electrons. The Kier molecular flexibility index (Phi) is 6.12. The summed E-state index contributed by atoms with van der Waals surface area (Å²) in [6.07, 6.45) is -0.867. The largest absolute Gasteiger partial charge is 0.416 e. The molecule has 1 aliphatic rings. The molecule has 1 fully saturated rings. The van der Waals surface area contributed by atoms with Gasteiger partial charge < -0.3 is 13.9 Å². The van der Waals surface area contributed by atoms with Crippen LogP contribution in [0.2, 0.25) is 18.1 Å². The lowest BCUT2D eigenvalue weighted by atomic mass is 9.98. The van der Waals surface area contributed by atoms with Crippen molar-refractivity contribution in [3.05, 3.63) is 10.1 Å². The number of ketones is 1. The summed E-state index contributed by atoms with van der Waals surface area (Å²) in [5.74, 6) is -1.81. The van der Waals surface area contributed by atoms with Crippen molar-refractivity contribution in [1.29, 1.82) is 0 Å². The maximum Gasteiger partial charge on any atom is 0.211 e. The minimum Gasteiger partial charge on any atom is -0.416 e. The molecule has 2 atom stereocenters.